The lowest BCUT2D eigenvalue weighted by atomic mass is 10.8. The number of rotatable bonds is 0. The van der Waals surface area contributed by atoms with Gasteiger partial charge in [-0.1, -0.05) is 12.8 Å². The van der Waals surface area contributed by atoms with E-state index in [0.29, 0.717) is 5.37 Å². The smallest absolute Gasteiger partial charge is 0.115 e. The summed E-state index contributed by atoms with van der Waals surface area (Å²) in [7, 11) is 0. The topological polar surface area (TPSA) is 15.6 Å². The first kappa shape index (κ1) is 5.31. The molecule has 0 amide bonds. The van der Waals surface area contributed by atoms with E-state index >= 15 is 0 Å². The molecule has 0 saturated carbocycles. The summed E-state index contributed by atoms with van der Waals surface area (Å²) in [4.78, 5) is 4.00. The Morgan fingerprint density at radius 1 is 2.00 bits per heavy atom. The first-order chi connectivity index (χ1) is 3.29. The van der Waals surface area contributed by atoms with E-state index in [1.165, 1.54) is 0 Å². The van der Waals surface area contributed by atoms with Crippen molar-refractivity contribution in [3.8, 4) is 0 Å². The van der Waals surface area contributed by atoms with E-state index in [1.807, 2.05) is 6.92 Å². The standard InChI is InChI=1S/C3H6N2S2/c1-3-4-2-5(6)7-3/h2-3,6H,1H3. The van der Waals surface area contributed by atoms with Crippen molar-refractivity contribution in [3.63, 3.8) is 0 Å². The molecule has 0 radical (unpaired) electrons. The number of thiol groups is 1. The van der Waals surface area contributed by atoms with Crippen molar-refractivity contribution < 1.29 is 0 Å². The van der Waals surface area contributed by atoms with E-state index in [4.69, 9.17) is 0 Å². The molecule has 1 aliphatic rings. The summed E-state index contributed by atoms with van der Waals surface area (Å²) >= 11 is 5.59. The van der Waals surface area contributed by atoms with Crippen LogP contribution in [0.25, 0.3) is 0 Å². The maximum absolute atomic E-state index is 4.00. The fraction of sp³-hybridized carbons (Fsp3) is 0.667. The molecule has 40 valence electrons. The summed E-state index contributed by atoms with van der Waals surface area (Å²) < 4.78 is 1.70. The van der Waals surface area contributed by atoms with Crippen LogP contribution in [0.1, 0.15) is 6.92 Å². The summed E-state index contributed by atoms with van der Waals surface area (Å²) in [6, 6.07) is 0. The van der Waals surface area contributed by atoms with Crippen molar-refractivity contribution in [3.05, 3.63) is 0 Å². The van der Waals surface area contributed by atoms with Gasteiger partial charge in [0, 0.05) is 0 Å². The molecule has 0 aromatic carbocycles. The Kier molecular flexibility index (Phi) is 1.49. The minimum Gasteiger partial charge on any atom is -0.258 e. The van der Waals surface area contributed by atoms with E-state index in [9.17, 15) is 0 Å². The third kappa shape index (κ3) is 1.28. The lowest BCUT2D eigenvalue weighted by molar-refractivity contribution is 1.07. The molecule has 7 heavy (non-hydrogen) atoms. The number of aliphatic imine (C=N–C) groups is 1. The predicted octanol–water partition coefficient (Wildman–Crippen LogP) is 1.17. The van der Waals surface area contributed by atoms with Gasteiger partial charge in [-0.3, -0.25) is 4.99 Å². The summed E-state index contributed by atoms with van der Waals surface area (Å²) in [6.45, 7) is 2.03. The molecule has 4 heteroatoms. The second kappa shape index (κ2) is 1.96. The summed E-state index contributed by atoms with van der Waals surface area (Å²) in [5.41, 5.74) is 0. The Hall–Kier alpha value is 0.170. The van der Waals surface area contributed by atoms with E-state index in [0.717, 1.165) is 0 Å². The van der Waals surface area contributed by atoms with Gasteiger partial charge in [0.2, 0.25) is 0 Å². The van der Waals surface area contributed by atoms with Crippen molar-refractivity contribution in [1.82, 2.24) is 3.71 Å². The zero-order chi connectivity index (χ0) is 5.28. The molecular formula is C3H6N2S2. The highest BCUT2D eigenvalue weighted by Crippen LogP contribution is 2.22. The van der Waals surface area contributed by atoms with Gasteiger partial charge in [0.15, 0.2) is 0 Å². The van der Waals surface area contributed by atoms with Crippen molar-refractivity contribution >= 4 is 31.1 Å². The van der Waals surface area contributed by atoms with Crippen LogP contribution in [-0.2, 0) is 0 Å². The molecule has 0 fully saturated rings. The van der Waals surface area contributed by atoms with Crippen molar-refractivity contribution in [2.75, 3.05) is 0 Å². The number of hydrogen-bond donors (Lipinski definition) is 1. The highest BCUT2D eigenvalue weighted by molar-refractivity contribution is 8.06. The van der Waals surface area contributed by atoms with Crippen LogP contribution >= 0.6 is 24.8 Å². The highest BCUT2D eigenvalue weighted by atomic mass is 32.2. The number of hydrogen-bond acceptors (Lipinski definition) is 4. The molecule has 1 unspecified atom stereocenters. The quantitative estimate of drug-likeness (QED) is 0.395. The predicted molar refractivity (Wildman–Crippen MR) is 36.4 cm³/mol. The molecule has 0 aliphatic carbocycles. The second-order valence-electron chi connectivity index (χ2n) is 1.27. The summed E-state index contributed by atoms with van der Waals surface area (Å²) in [5.74, 6) is 0. The molecule has 2 nitrogen and oxygen atoms in total. The molecule has 0 bridgehead atoms. The van der Waals surface area contributed by atoms with Crippen LogP contribution in [0.2, 0.25) is 0 Å². The summed E-state index contributed by atoms with van der Waals surface area (Å²) in [6.07, 6.45) is 1.71. The molecule has 0 saturated heterocycles. The lowest BCUT2D eigenvalue weighted by Crippen LogP contribution is -1.91. The molecule has 1 aliphatic heterocycles. The average molecular weight is 134 g/mol. The zero-order valence-electron chi connectivity index (χ0n) is 3.90. The van der Waals surface area contributed by atoms with Crippen LogP contribution in [-0.4, -0.2) is 15.4 Å². The molecule has 1 rings (SSSR count). The molecule has 0 spiro atoms. The van der Waals surface area contributed by atoms with Gasteiger partial charge >= 0.3 is 0 Å². The van der Waals surface area contributed by atoms with Crippen LogP contribution < -0.4 is 0 Å². The monoisotopic (exact) mass is 134 g/mol. The van der Waals surface area contributed by atoms with Gasteiger partial charge in [0.25, 0.3) is 0 Å². The van der Waals surface area contributed by atoms with Gasteiger partial charge in [-0.2, -0.15) is 0 Å². The van der Waals surface area contributed by atoms with Crippen LogP contribution in [0.15, 0.2) is 4.99 Å². The highest BCUT2D eigenvalue weighted by Gasteiger charge is 2.08. The van der Waals surface area contributed by atoms with Crippen LogP contribution in [0.3, 0.4) is 0 Å². The Morgan fingerprint density at radius 2 is 2.71 bits per heavy atom. The Balaban J connectivity index is 2.42. The van der Waals surface area contributed by atoms with E-state index < -0.39 is 0 Å². The lowest BCUT2D eigenvalue weighted by Gasteiger charge is -2.00. The van der Waals surface area contributed by atoms with E-state index in [2.05, 4.69) is 17.8 Å². The van der Waals surface area contributed by atoms with E-state index in [1.54, 1.807) is 22.0 Å². The first-order valence-electron chi connectivity index (χ1n) is 1.97. The van der Waals surface area contributed by atoms with Crippen LogP contribution in [0, 0.1) is 0 Å². The fourth-order valence-corrected chi connectivity index (χ4v) is 1.36. The van der Waals surface area contributed by atoms with Gasteiger partial charge in [-0.15, -0.1) is 0 Å². The molecule has 0 aromatic heterocycles. The second-order valence-corrected chi connectivity index (χ2v) is 3.26. The van der Waals surface area contributed by atoms with Crippen LogP contribution in [0.4, 0.5) is 0 Å². The molecular weight excluding hydrogens is 128 g/mol. The maximum atomic E-state index is 4.00. The van der Waals surface area contributed by atoms with Crippen molar-refractivity contribution in [2.24, 2.45) is 4.99 Å². The normalized spacial score (nSPS) is 29.4. The Labute approximate surface area is 52.7 Å². The van der Waals surface area contributed by atoms with Crippen molar-refractivity contribution in [2.45, 2.75) is 12.3 Å². The molecule has 0 aromatic rings. The van der Waals surface area contributed by atoms with Gasteiger partial charge in [-0.05, 0) is 18.9 Å². The summed E-state index contributed by atoms with van der Waals surface area (Å²) in [5, 5.41) is 0.359. The minimum atomic E-state index is 0.359. The van der Waals surface area contributed by atoms with Gasteiger partial charge in [0.1, 0.15) is 11.7 Å². The largest absolute Gasteiger partial charge is 0.258 e. The molecule has 1 atom stereocenters. The SMILES string of the molecule is CC1N=CN(S)S1. The average Bonchev–Trinajstić information content (AvgIpc) is 1.87. The van der Waals surface area contributed by atoms with Gasteiger partial charge in [-0.25, -0.2) is 3.71 Å². The third-order valence-corrected chi connectivity index (χ3v) is 1.76. The first-order valence-corrected chi connectivity index (χ1v) is 3.21. The number of nitrogens with zero attached hydrogens (tertiary/aromatic N) is 2. The minimum absolute atomic E-state index is 0.359. The van der Waals surface area contributed by atoms with Crippen LogP contribution in [0.5, 0.6) is 0 Å². The van der Waals surface area contributed by atoms with E-state index in [-0.39, 0.29) is 0 Å². The molecule has 0 N–H and O–H groups in total. The zero-order valence-corrected chi connectivity index (χ0v) is 5.62. The fourth-order valence-electron chi connectivity index (χ4n) is 0.362. The maximum Gasteiger partial charge on any atom is 0.115 e. The van der Waals surface area contributed by atoms with Gasteiger partial charge < -0.3 is 0 Å². The molecule has 1 heterocycles. The Bertz CT molecular complexity index is 82.9. The van der Waals surface area contributed by atoms with Gasteiger partial charge in [0.05, 0.1) is 0 Å². The van der Waals surface area contributed by atoms with Crippen molar-refractivity contribution in [1.29, 1.82) is 0 Å². The Morgan fingerprint density at radius 3 is 2.86 bits per heavy atom. The third-order valence-electron chi connectivity index (χ3n) is 0.636.